The molecule has 3 aliphatic heterocycles. The SMILES string of the molecule is CC1(C)C2CNCC2CN1CC(=O)N1CCOCC1. The Morgan fingerprint density at radius 1 is 1.32 bits per heavy atom. The Labute approximate surface area is 115 Å². The minimum atomic E-state index is 0.135. The third kappa shape index (κ3) is 2.39. The van der Waals surface area contributed by atoms with Gasteiger partial charge in [0, 0.05) is 31.7 Å². The standard InChI is InChI=1S/C14H25N3O2/c1-14(2)12-8-15-7-11(12)9-17(14)10-13(18)16-3-5-19-6-4-16/h11-12,15H,3-10H2,1-2H3. The van der Waals surface area contributed by atoms with Crippen LogP contribution < -0.4 is 5.32 Å². The second-order valence-electron chi connectivity index (χ2n) is 6.55. The van der Waals surface area contributed by atoms with Gasteiger partial charge in [-0.3, -0.25) is 9.69 Å². The lowest BCUT2D eigenvalue weighted by Crippen LogP contribution is -2.51. The second kappa shape index (κ2) is 5.04. The van der Waals surface area contributed by atoms with Crippen molar-refractivity contribution >= 4 is 5.91 Å². The summed E-state index contributed by atoms with van der Waals surface area (Å²) in [6.07, 6.45) is 0. The molecule has 0 aliphatic carbocycles. The molecular weight excluding hydrogens is 242 g/mol. The number of morpholine rings is 1. The summed E-state index contributed by atoms with van der Waals surface area (Å²) >= 11 is 0. The number of fused-ring (bicyclic) bond motifs is 1. The molecule has 3 rings (SSSR count). The minimum Gasteiger partial charge on any atom is -0.378 e. The Hall–Kier alpha value is -0.650. The van der Waals surface area contributed by atoms with E-state index >= 15 is 0 Å². The quantitative estimate of drug-likeness (QED) is 0.751. The summed E-state index contributed by atoms with van der Waals surface area (Å²) in [4.78, 5) is 16.7. The first-order valence-corrected chi connectivity index (χ1v) is 7.40. The minimum absolute atomic E-state index is 0.135. The molecule has 0 aromatic rings. The third-order valence-electron chi connectivity index (χ3n) is 5.21. The van der Waals surface area contributed by atoms with Crippen molar-refractivity contribution in [3.8, 4) is 0 Å². The van der Waals surface area contributed by atoms with E-state index in [0.717, 1.165) is 32.7 Å². The van der Waals surface area contributed by atoms with Crippen LogP contribution in [0.3, 0.4) is 0 Å². The fourth-order valence-electron chi connectivity index (χ4n) is 3.85. The Morgan fingerprint density at radius 3 is 2.74 bits per heavy atom. The molecule has 0 aromatic heterocycles. The molecule has 0 radical (unpaired) electrons. The third-order valence-corrected chi connectivity index (χ3v) is 5.21. The van der Waals surface area contributed by atoms with Crippen LogP contribution in [0.25, 0.3) is 0 Å². The van der Waals surface area contributed by atoms with Gasteiger partial charge in [-0.1, -0.05) is 0 Å². The van der Waals surface area contributed by atoms with Crippen molar-refractivity contribution in [2.45, 2.75) is 19.4 Å². The molecule has 0 bridgehead atoms. The summed E-state index contributed by atoms with van der Waals surface area (Å²) in [5, 5.41) is 3.48. The molecule has 1 amide bonds. The van der Waals surface area contributed by atoms with Crippen molar-refractivity contribution in [1.29, 1.82) is 0 Å². The molecule has 5 heteroatoms. The van der Waals surface area contributed by atoms with Gasteiger partial charge in [0.05, 0.1) is 19.8 Å². The number of amides is 1. The van der Waals surface area contributed by atoms with E-state index in [9.17, 15) is 4.79 Å². The number of hydrogen-bond donors (Lipinski definition) is 1. The molecule has 2 atom stereocenters. The van der Waals surface area contributed by atoms with Gasteiger partial charge in [-0.15, -0.1) is 0 Å². The topological polar surface area (TPSA) is 44.8 Å². The highest BCUT2D eigenvalue weighted by Crippen LogP contribution is 2.40. The predicted molar refractivity (Wildman–Crippen MR) is 72.9 cm³/mol. The second-order valence-corrected chi connectivity index (χ2v) is 6.55. The summed E-state index contributed by atoms with van der Waals surface area (Å²) in [6.45, 7) is 11.3. The molecule has 0 spiro atoms. The van der Waals surface area contributed by atoms with Crippen LogP contribution in [0.1, 0.15) is 13.8 Å². The van der Waals surface area contributed by atoms with E-state index in [0.29, 0.717) is 31.6 Å². The van der Waals surface area contributed by atoms with E-state index in [1.165, 1.54) is 0 Å². The molecule has 3 fully saturated rings. The normalized spacial score (nSPS) is 34.5. The largest absolute Gasteiger partial charge is 0.378 e. The highest BCUT2D eigenvalue weighted by Gasteiger charge is 2.49. The molecule has 19 heavy (non-hydrogen) atoms. The average Bonchev–Trinajstić information content (AvgIpc) is 2.95. The number of ether oxygens (including phenoxy) is 1. The predicted octanol–water partition coefficient (Wildman–Crippen LogP) is -0.225. The maximum absolute atomic E-state index is 12.4. The van der Waals surface area contributed by atoms with Crippen molar-refractivity contribution in [1.82, 2.24) is 15.1 Å². The van der Waals surface area contributed by atoms with E-state index in [-0.39, 0.29) is 11.4 Å². The highest BCUT2D eigenvalue weighted by molar-refractivity contribution is 5.78. The molecular formula is C14H25N3O2. The van der Waals surface area contributed by atoms with Gasteiger partial charge in [0.2, 0.25) is 5.91 Å². The van der Waals surface area contributed by atoms with Crippen molar-refractivity contribution in [3.05, 3.63) is 0 Å². The van der Waals surface area contributed by atoms with Gasteiger partial charge >= 0.3 is 0 Å². The fraction of sp³-hybridized carbons (Fsp3) is 0.929. The lowest BCUT2D eigenvalue weighted by Gasteiger charge is -2.37. The van der Waals surface area contributed by atoms with E-state index in [2.05, 4.69) is 24.1 Å². The van der Waals surface area contributed by atoms with Crippen LogP contribution in [0.2, 0.25) is 0 Å². The van der Waals surface area contributed by atoms with Gasteiger partial charge in [0.25, 0.3) is 0 Å². The van der Waals surface area contributed by atoms with Crippen LogP contribution in [0.15, 0.2) is 0 Å². The van der Waals surface area contributed by atoms with Crippen LogP contribution in [0, 0.1) is 11.8 Å². The molecule has 1 N–H and O–H groups in total. The first-order chi connectivity index (χ1) is 9.09. The number of carbonyl (C=O) groups excluding carboxylic acids is 1. The fourth-order valence-corrected chi connectivity index (χ4v) is 3.85. The van der Waals surface area contributed by atoms with Crippen LogP contribution >= 0.6 is 0 Å². The summed E-state index contributed by atoms with van der Waals surface area (Å²) < 4.78 is 5.31. The van der Waals surface area contributed by atoms with Gasteiger partial charge in [0.1, 0.15) is 0 Å². The number of nitrogens with one attached hydrogen (secondary N) is 1. The molecule has 2 unspecified atom stereocenters. The Balaban J connectivity index is 1.62. The molecule has 0 saturated carbocycles. The van der Waals surface area contributed by atoms with Gasteiger partial charge < -0.3 is 15.0 Å². The lowest BCUT2D eigenvalue weighted by atomic mass is 9.85. The smallest absolute Gasteiger partial charge is 0.236 e. The molecule has 0 aromatic carbocycles. The zero-order valence-electron chi connectivity index (χ0n) is 12.0. The molecule has 5 nitrogen and oxygen atoms in total. The maximum atomic E-state index is 12.4. The number of hydrogen-bond acceptors (Lipinski definition) is 4. The van der Waals surface area contributed by atoms with Crippen LogP contribution in [0.4, 0.5) is 0 Å². The summed E-state index contributed by atoms with van der Waals surface area (Å²) in [5.41, 5.74) is 0.135. The Bertz CT molecular complexity index is 353. The van der Waals surface area contributed by atoms with Gasteiger partial charge in [-0.2, -0.15) is 0 Å². The highest BCUT2D eigenvalue weighted by atomic mass is 16.5. The summed E-state index contributed by atoms with van der Waals surface area (Å²) in [5.74, 6) is 1.67. The van der Waals surface area contributed by atoms with Gasteiger partial charge in [-0.25, -0.2) is 0 Å². The first kappa shape index (κ1) is 13.3. The van der Waals surface area contributed by atoms with Gasteiger partial charge in [0.15, 0.2) is 0 Å². The van der Waals surface area contributed by atoms with Crippen molar-refractivity contribution in [2.24, 2.45) is 11.8 Å². The van der Waals surface area contributed by atoms with E-state index in [1.54, 1.807) is 0 Å². The zero-order valence-corrected chi connectivity index (χ0v) is 12.0. The molecule has 3 aliphatic rings. The number of likely N-dealkylation sites (tertiary alicyclic amines) is 1. The van der Waals surface area contributed by atoms with Crippen molar-refractivity contribution in [2.75, 3.05) is 52.5 Å². The molecule has 3 saturated heterocycles. The van der Waals surface area contributed by atoms with Crippen molar-refractivity contribution < 1.29 is 9.53 Å². The monoisotopic (exact) mass is 267 g/mol. The average molecular weight is 267 g/mol. The lowest BCUT2D eigenvalue weighted by molar-refractivity contribution is -0.137. The molecule has 108 valence electrons. The zero-order chi connectivity index (χ0) is 13.5. The van der Waals surface area contributed by atoms with Crippen LogP contribution in [0.5, 0.6) is 0 Å². The Kier molecular flexibility index (Phi) is 3.53. The summed E-state index contributed by atoms with van der Waals surface area (Å²) in [7, 11) is 0. The van der Waals surface area contributed by atoms with E-state index < -0.39 is 0 Å². The Morgan fingerprint density at radius 2 is 2.05 bits per heavy atom. The van der Waals surface area contributed by atoms with Crippen LogP contribution in [-0.2, 0) is 9.53 Å². The number of carbonyl (C=O) groups is 1. The summed E-state index contributed by atoms with van der Waals surface area (Å²) in [6, 6.07) is 0. The number of rotatable bonds is 2. The number of nitrogens with zero attached hydrogens (tertiary/aromatic N) is 2. The van der Waals surface area contributed by atoms with E-state index in [4.69, 9.17) is 4.74 Å². The first-order valence-electron chi connectivity index (χ1n) is 7.40. The van der Waals surface area contributed by atoms with Crippen molar-refractivity contribution in [3.63, 3.8) is 0 Å². The molecule has 3 heterocycles. The van der Waals surface area contributed by atoms with E-state index in [1.807, 2.05) is 4.90 Å². The maximum Gasteiger partial charge on any atom is 0.236 e. The van der Waals surface area contributed by atoms with Gasteiger partial charge in [-0.05, 0) is 32.2 Å². The van der Waals surface area contributed by atoms with Crippen LogP contribution in [-0.4, -0.2) is 73.7 Å².